The normalized spacial score (nSPS) is 14.4. The molecule has 4 heterocycles. The first-order valence-electron chi connectivity index (χ1n) is 8.37. The summed E-state index contributed by atoms with van der Waals surface area (Å²) in [6, 6.07) is 6.69. The number of hydrogen-bond donors (Lipinski definition) is 2. The van der Waals surface area contributed by atoms with E-state index < -0.39 is 0 Å². The Kier molecular flexibility index (Phi) is 4.36. The molecule has 0 amide bonds. The number of nitrogens with one attached hydrogen (secondary N) is 2. The molecule has 9 nitrogen and oxygen atoms in total. The molecule has 1 aliphatic heterocycles. The number of morpholine rings is 1. The van der Waals surface area contributed by atoms with Gasteiger partial charge in [0.15, 0.2) is 5.43 Å². The van der Waals surface area contributed by atoms with E-state index in [1.807, 2.05) is 25.3 Å². The summed E-state index contributed by atoms with van der Waals surface area (Å²) in [5, 5.41) is 7.53. The molecule has 1 aliphatic rings. The molecule has 0 atom stereocenters. The van der Waals surface area contributed by atoms with Crippen molar-refractivity contribution in [2.75, 3.05) is 36.5 Å². The van der Waals surface area contributed by atoms with E-state index in [0.717, 1.165) is 24.6 Å². The molecule has 0 unspecified atom stereocenters. The molecular formula is C17H19N7O2. The van der Waals surface area contributed by atoms with E-state index in [-0.39, 0.29) is 5.43 Å². The second-order valence-corrected chi connectivity index (χ2v) is 5.98. The summed E-state index contributed by atoms with van der Waals surface area (Å²) >= 11 is 0. The van der Waals surface area contributed by atoms with Crippen LogP contribution in [0.25, 0.3) is 5.95 Å². The van der Waals surface area contributed by atoms with Gasteiger partial charge in [0.2, 0.25) is 0 Å². The van der Waals surface area contributed by atoms with Gasteiger partial charge in [0.05, 0.1) is 18.9 Å². The van der Waals surface area contributed by atoms with Gasteiger partial charge in [0.1, 0.15) is 17.5 Å². The second kappa shape index (κ2) is 6.96. The van der Waals surface area contributed by atoms with Crippen molar-refractivity contribution in [1.82, 2.24) is 24.7 Å². The number of ether oxygens (including phenoxy) is 1. The fraction of sp³-hybridized carbons (Fsp3) is 0.294. The first-order chi connectivity index (χ1) is 12.7. The van der Waals surface area contributed by atoms with Gasteiger partial charge in [0, 0.05) is 43.7 Å². The fourth-order valence-electron chi connectivity index (χ4n) is 2.73. The molecule has 0 saturated carbocycles. The maximum absolute atomic E-state index is 11.6. The van der Waals surface area contributed by atoms with E-state index in [2.05, 4.69) is 30.3 Å². The van der Waals surface area contributed by atoms with Gasteiger partial charge in [-0.3, -0.25) is 4.79 Å². The van der Waals surface area contributed by atoms with Crippen LogP contribution in [-0.4, -0.2) is 51.0 Å². The molecule has 3 aromatic rings. The topological polar surface area (TPSA) is 101 Å². The monoisotopic (exact) mass is 353 g/mol. The van der Waals surface area contributed by atoms with Crippen molar-refractivity contribution in [2.24, 2.45) is 0 Å². The molecule has 26 heavy (non-hydrogen) atoms. The third kappa shape index (κ3) is 3.57. The molecule has 9 heteroatoms. The van der Waals surface area contributed by atoms with Gasteiger partial charge in [-0.2, -0.15) is 15.1 Å². The van der Waals surface area contributed by atoms with Crippen molar-refractivity contribution in [3.63, 3.8) is 0 Å². The molecular weight excluding hydrogens is 334 g/mol. The molecule has 4 rings (SSSR count). The third-order valence-electron chi connectivity index (χ3n) is 4.00. The summed E-state index contributed by atoms with van der Waals surface area (Å²) in [4.78, 5) is 25.9. The largest absolute Gasteiger partial charge is 0.378 e. The highest BCUT2D eigenvalue weighted by Crippen LogP contribution is 2.21. The Balaban J connectivity index is 1.72. The predicted molar refractivity (Wildman–Crippen MR) is 97.3 cm³/mol. The van der Waals surface area contributed by atoms with Crippen LogP contribution in [0.2, 0.25) is 0 Å². The highest BCUT2D eigenvalue weighted by Gasteiger charge is 2.16. The fourth-order valence-corrected chi connectivity index (χ4v) is 2.73. The molecule has 1 saturated heterocycles. The SMILES string of the molecule is Cc1ccn(-c2nc(Nc3cc(=O)cc[nH]3)cc(N3CCOCC3)n2)n1. The Morgan fingerprint density at radius 1 is 1.19 bits per heavy atom. The molecule has 1 fully saturated rings. The molecule has 0 aromatic carbocycles. The van der Waals surface area contributed by atoms with Crippen molar-refractivity contribution in [3.8, 4) is 5.95 Å². The lowest BCUT2D eigenvalue weighted by atomic mass is 10.4. The maximum atomic E-state index is 11.6. The molecule has 134 valence electrons. The van der Waals surface area contributed by atoms with Crippen LogP contribution in [0.4, 0.5) is 17.5 Å². The van der Waals surface area contributed by atoms with Crippen LogP contribution < -0.4 is 15.6 Å². The standard InChI is InChI=1S/C17H19N7O2/c1-12-3-5-24(22-12)17-20-15(19-14-10-13(25)2-4-18-14)11-16(21-17)23-6-8-26-9-7-23/h2-5,10-11H,6-9H2,1H3,(H2,18,19,20,21,25). The van der Waals surface area contributed by atoms with Crippen LogP contribution in [0.3, 0.4) is 0 Å². The molecule has 3 aromatic heterocycles. The number of pyridine rings is 1. The lowest BCUT2D eigenvalue weighted by molar-refractivity contribution is 0.122. The van der Waals surface area contributed by atoms with Crippen molar-refractivity contribution in [1.29, 1.82) is 0 Å². The van der Waals surface area contributed by atoms with Gasteiger partial charge in [0.25, 0.3) is 5.95 Å². The van der Waals surface area contributed by atoms with Crippen LogP contribution in [0.15, 0.2) is 41.5 Å². The summed E-state index contributed by atoms with van der Waals surface area (Å²) in [5.41, 5.74) is 0.795. The number of hydrogen-bond acceptors (Lipinski definition) is 7. The van der Waals surface area contributed by atoms with Gasteiger partial charge in [-0.05, 0) is 13.0 Å². The highest BCUT2D eigenvalue weighted by atomic mass is 16.5. The number of anilines is 3. The van der Waals surface area contributed by atoms with E-state index >= 15 is 0 Å². The molecule has 0 aliphatic carbocycles. The maximum Gasteiger partial charge on any atom is 0.254 e. The molecule has 0 radical (unpaired) electrons. The summed E-state index contributed by atoms with van der Waals surface area (Å²) < 4.78 is 7.06. The zero-order chi connectivity index (χ0) is 17.9. The Morgan fingerprint density at radius 3 is 2.77 bits per heavy atom. The van der Waals surface area contributed by atoms with Crippen LogP contribution in [0.5, 0.6) is 0 Å². The van der Waals surface area contributed by atoms with E-state index in [4.69, 9.17) is 4.74 Å². The summed E-state index contributed by atoms with van der Waals surface area (Å²) in [6.45, 7) is 4.76. The minimum absolute atomic E-state index is 0.0865. The Labute approximate surface area is 149 Å². The average molecular weight is 353 g/mol. The predicted octanol–water partition coefficient (Wildman–Crippen LogP) is 1.24. The minimum atomic E-state index is -0.0865. The smallest absolute Gasteiger partial charge is 0.254 e. The average Bonchev–Trinajstić information content (AvgIpc) is 3.09. The zero-order valence-corrected chi connectivity index (χ0v) is 14.3. The van der Waals surface area contributed by atoms with Crippen LogP contribution in [0.1, 0.15) is 5.69 Å². The molecule has 0 spiro atoms. The van der Waals surface area contributed by atoms with Crippen molar-refractivity contribution in [2.45, 2.75) is 6.92 Å². The highest BCUT2D eigenvalue weighted by molar-refractivity contribution is 5.58. The van der Waals surface area contributed by atoms with Crippen LogP contribution in [0, 0.1) is 6.92 Å². The van der Waals surface area contributed by atoms with Gasteiger partial charge in [-0.1, -0.05) is 0 Å². The van der Waals surface area contributed by atoms with Crippen LogP contribution >= 0.6 is 0 Å². The summed E-state index contributed by atoms with van der Waals surface area (Å²) in [6.07, 6.45) is 3.41. The van der Waals surface area contributed by atoms with Crippen molar-refractivity contribution >= 4 is 17.5 Å². The second-order valence-electron chi connectivity index (χ2n) is 5.98. The van der Waals surface area contributed by atoms with E-state index in [1.54, 1.807) is 10.9 Å². The third-order valence-corrected chi connectivity index (χ3v) is 4.00. The summed E-state index contributed by atoms with van der Waals surface area (Å²) in [5.74, 6) is 2.38. The quantitative estimate of drug-likeness (QED) is 0.728. The van der Waals surface area contributed by atoms with Gasteiger partial charge >= 0.3 is 0 Å². The van der Waals surface area contributed by atoms with E-state index in [9.17, 15) is 4.79 Å². The number of aromatic amines is 1. The number of nitrogens with zero attached hydrogens (tertiary/aromatic N) is 5. The molecule has 0 bridgehead atoms. The van der Waals surface area contributed by atoms with Gasteiger partial charge < -0.3 is 19.9 Å². The first kappa shape index (κ1) is 16.3. The number of aromatic nitrogens is 5. The molecule has 2 N–H and O–H groups in total. The number of rotatable bonds is 4. The van der Waals surface area contributed by atoms with Gasteiger partial charge in [-0.15, -0.1) is 0 Å². The number of H-pyrrole nitrogens is 1. The Hall–Kier alpha value is -3.20. The lowest BCUT2D eigenvalue weighted by Crippen LogP contribution is -2.37. The first-order valence-corrected chi connectivity index (χ1v) is 8.37. The van der Waals surface area contributed by atoms with Crippen molar-refractivity contribution < 1.29 is 4.74 Å². The van der Waals surface area contributed by atoms with Gasteiger partial charge in [-0.25, -0.2) is 4.68 Å². The Bertz CT molecular complexity index is 959. The Morgan fingerprint density at radius 2 is 2.04 bits per heavy atom. The van der Waals surface area contributed by atoms with Crippen molar-refractivity contribution in [3.05, 3.63) is 52.6 Å². The zero-order valence-electron chi connectivity index (χ0n) is 14.3. The van der Waals surface area contributed by atoms with Crippen LogP contribution in [-0.2, 0) is 4.74 Å². The number of aryl methyl sites for hydroxylation is 1. The van der Waals surface area contributed by atoms with E-state index in [0.29, 0.717) is 30.8 Å². The van der Waals surface area contributed by atoms with E-state index in [1.165, 1.54) is 12.1 Å². The minimum Gasteiger partial charge on any atom is -0.378 e. The lowest BCUT2D eigenvalue weighted by Gasteiger charge is -2.28. The summed E-state index contributed by atoms with van der Waals surface area (Å²) in [7, 11) is 0.